The van der Waals surface area contributed by atoms with Crippen LogP contribution in [0.3, 0.4) is 0 Å². The smallest absolute Gasteiger partial charge is 0.338 e. The summed E-state index contributed by atoms with van der Waals surface area (Å²) in [5, 5.41) is 0.309. The molecule has 0 amide bonds. The van der Waals surface area contributed by atoms with Gasteiger partial charge in [-0.1, -0.05) is 0 Å². The van der Waals surface area contributed by atoms with E-state index in [2.05, 4.69) is 0 Å². The van der Waals surface area contributed by atoms with Crippen LogP contribution in [0.25, 0.3) is 21.9 Å². The number of esters is 1. The van der Waals surface area contributed by atoms with Crippen LogP contribution in [0, 0.1) is 0 Å². The van der Waals surface area contributed by atoms with Crippen LogP contribution in [-0.4, -0.2) is 25.5 Å². The molecule has 3 rings (SSSR count). The van der Waals surface area contributed by atoms with Crippen molar-refractivity contribution < 1.29 is 26.9 Å². The van der Waals surface area contributed by atoms with Crippen LogP contribution in [0.15, 0.2) is 50.5 Å². The summed E-state index contributed by atoms with van der Waals surface area (Å²) in [6.45, 7) is 1.88. The zero-order chi connectivity index (χ0) is 17.5. The van der Waals surface area contributed by atoms with E-state index in [4.69, 9.17) is 13.7 Å². The van der Waals surface area contributed by atoms with Crippen LogP contribution in [-0.2, 0) is 14.9 Å². The fourth-order valence-electron chi connectivity index (χ4n) is 2.34. The first kappa shape index (κ1) is 16.2. The van der Waals surface area contributed by atoms with Crippen molar-refractivity contribution in [2.45, 2.75) is 11.8 Å². The highest BCUT2D eigenvalue weighted by Crippen LogP contribution is 2.22. The first-order chi connectivity index (χ1) is 11.3. The molecule has 0 saturated heterocycles. The van der Waals surface area contributed by atoms with Gasteiger partial charge in [-0.25, -0.2) is 4.79 Å². The number of carbonyl (C=O) groups excluding carboxylic acids is 1. The fraction of sp³-hybridized carbons (Fsp3) is 0.125. The van der Waals surface area contributed by atoms with E-state index in [9.17, 15) is 18.0 Å². The Kier molecular flexibility index (Phi) is 3.86. The van der Waals surface area contributed by atoms with Crippen molar-refractivity contribution in [3.05, 3.63) is 52.2 Å². The van der Waals surface area contributed by atoms with E-state index in [1.807, 2.05) is 0 Å². The maximum absolute atomic E-state index is 12.6. The van der Waals surface area contributed by atoms with Gasteiger partial charge in [0, 0.05) is 6.07 Å². The number of fused-ring (bicyclic) bond motifs is 2. The van der Waals surface area contributed by atoms with Gasteiger partial charge in [0.25, 0.3) is 10.1 Å². The minimum absolute atomic E-state index is 0.0199. The van der Waals surface area contributed by atoms with Crippen molar-refractivity contribution in [3.8, 4) is 0 Å². The van der Waals surface area contributed by atoms with Gasteiger partial charge < -0.3 is 9.15 Å². The summed E-state index contributed by atoms with van der Waals surface area (Å²) in [6.07, 6.45) is 0. The first-order valence-corrected chi connectivity index (χ1v) is 8.40. The van der Waals surface area contributed by atoms with Crippen LogP contribution < -0.4 is 5.43 Å². The number of rotatable bonds is 3. The quantitative estimate of drug-likeness (QED) is 0.439. The summed E-state index contributed by atoms with van der Waals surface area (Å²) in [7, 11) is -4.41. The van der Waals surface area contributed by atoms with E-state index < -0.39 is 21.5 Å². The van der Waals surface area contributed by atoms with E-state index in [1.54, 1.807) is 6.92 Å². The summed E-state index contributed by atoms with van der Waals surface area (Å²) in [5.41, 5.74) is 0.00406. The molecule has 124 valence electrons. The van der Waals surface area contributed by atoms with E-state index in [0.717, 1.165) is 12.1 Å². The molecular formula is C16H12O7S. The average Bonchev–Trinajstić information content (AvgIpc) is 2.53. The molecule has 0 aliphatic rings. The Morgan fingerprint density at radius 2 is 1.88 bits per heavy atom. The number of benzene rings is 2. The fourth-order valence-corrected chi connectivity index (χ4v) is 2.83. The highest BCUT2D eigenvalue weighted by atomic mass is 32.2. The molecule has 0 bridgehead atoms. The summed E-state index contributed by atoms with van der Waals surface area (Å²) in [4.78, 5) is 24.0. The molecule has 1 aromatic heterocycles. The van der Waals surface area contributed by atoms with Crippen molar-refractivity contribution in [1.82, 2.24) is 0 Å². The third-order valence-corrected chi connectivity index (χ3v) is 4.30. The Balaban J connectivity index is 2.27. The third-order valence-electron chi connectivity index (χ3n) is 3.45. The Morgan fingerprint density at radius 1 is 1.12 bits per heavy atom. The van der Waals surface area contributed by atoms with E-state index in [0.29, 0.717) is 0 Å². The monoisotopic (exact) mass is 348 g/mol. The SMILES string of the molecule is CCOC(=O)c1ccc2oc3cc(S(=O)(=O)O)ccc3c(=O)c2c1. The molecular weight excluding hydrogens is 336 g/mol. The molecule has 0 aliphatic heterocycles. The second-order valence-electron chi connectivity index (χ2n) is 5.00. The molecule has 1 heterocycles. The van der Waals surface area contributed by atoms with Crippen LogP contribution >= 0.6 is 0 Å². The zero-order valence-corrected chi connectivity index (χ0v) is 13.3. The number of hydrogen-bond donors (Lipinski definition) is 1. The van der Waals surface area contributed by atoms with Crippen molar-refractivity contribution in [2.75, 3.05) is 6.61 Å². The van der Waals surface area contributed by atoms with Crippen LogP contribution in [0.1, 0.15) is 17.3 Å². The number of hydrogen-bond acceptors (Lipinski definition) is 6. The van der Waals surface area contributed by atoms with Gasteiger partial charge in [-0.3, -0.25) is 9.35 Å². The minimum Gasteiger partial charge on any atom is -0.462 e. The van der Waals surface area contributed by atoms with Gasteiger partial charge in [-0.2, -0.15) is 8.42 Å². The van der Waals surface area contributed by atoms with E-state index in [-0.39, 0.29) is 39.0 Å². The van der Waals surface area contributed by atoms with Gasteiger partial charge in [-0.15, -0.1) is 0 Å². The Labute approximate surface area is 136 Å². The molecule has 2 aromatic carbocycles. The van der Waals surface area contributed by atoms with Gasteiger partial charge in [0.2, 0.25) is 5.43 Å². The lowest BCUT2D eigenvalue weighted by Crippen LogP contribution is -2.08. The van der Waals surface area contributed by atoms with E-state index in [1.165, 1.54) is 24.3 Å². The molecule has 0 spiro atoms. The van der Waals surface area contributed by atoms with Gasteiger partial charge in [0.15, 0.2) is 0 Å². The highest BCUT2D eigenvalue weighted by molar-refractivity contribution is 7.85. The molecule has 0 aliphatic carbocycles. The van der Waals surface area contributed by atoms with Gasteiger partial charge >= 0.3 is 5.97 Å². The second-order valence-corrected chi connectivity index (χ2v) is 6.42. The lowest BCUT2D eigenvalue weighted by molar-refractivity contribution is 0.0526. The van der Waals surface area contributed by atoms with Crippen molar-refractivity contribution in [2.24, 2.45) is 0 Å². The van der Waals surface area contributed by atoms with Crippen molar-refractivity contribution >= 4 is 38.0 Å². The van der Waals surface area contributed by atoms with Crippen LogP contribution in [0.4, 0.5) is 0 Å². The normalized spacial score (nSPS) is 11.8. The predicted molar refractivity (Wildman–Crippen MR) is 85.8 cm³/mol. The summed E-state index contributed by atoms with van der Waals surface area (Å²) >= 11 is 0. The molecule has 0 fully saturated rings. The average molecular weight is 348 g/mol. The topological polar surface area (TPSA) is 111 Å². The summed E-state index contributed by atoms with van der Waals surface area (Å²) in [6, 6.07) is 7.68. The lowest BCUT2D eigenvalue weighted by atomic mass is 10.1. The molecule has 8 heteroatoms. The van der Waals surface area contributed by atoms with Crippen molar-refractivity contribution in [1.29, 1.82) is 0 Å². The molecule has 24 heavy (non-hydrogen) atoms. The van der Waals surface area contributed by atoms with Crippen LogP contribution in [0.5, 0.6) is 0 Å². The molecule has 0 unspecified atom stereocenters. The molecule has 0 saturated carbocycles. The predicted octanol–water partition coefficient (Wildman–Crippen LogP) is 2.37. The Morgan fingerprint density at radius 3 is 2.54 bits per heavy atom. The Hall–Kier alpha value is -2.71. The molecule has 7 nitrogen and oxygen atoms in total. The third kappa shape index (κ3) is 2.77. The number of carbonyl (C=O) groups is 1. The maximum Gasteiger partial charge on any atom is 0.338 e. The van der Waals surface area contributed by atoms with Gasteiger partial charge in [0.05, 0.1) is 27.8 Å². The van der Waals surface area contributed by atoms with Crippen molar-refractivity contribution in [3.63, 3.8) is 0 Å². The van der Waals surface area contributed by atoms with Crippen LogP contribution in [0.2, 0.25) is 0 Å². The minimum atomic E-state index is -4.41. The zero-order valence-electron chi connectivity index (χ0n) is 12.5. The summed E-state index contributed by atoms with van der Waals surface area (Å²) in [5.74, 6) is -0.555. The Bertz CT molecular complexity index is 1130. The van der Waals surface area contributed by atoms with Gasteiger partial charge in [0.1, 0.15) is 11.2 Å². The maximum atomic E-state index is 12.6. The van der Waals surface area contributed by atoms with E-state index >= 15 is 0 Å². The number of ether oxygens (including phenoxy) is 1. The lowest BCUT2D eigenvalue weighted by Gasteiger charge is -2.05. The molecule has 0 atom stereocenters. The first-order valence-electron chi connectivity index (χ1n) is 6.96. The van der Waals surface area contributed by atoms with Gasteiger partial charge in [-0.05, 0) is 37.3 Å². The highest BCUT2D eigenvalue weighted by Gasteiger charge is 2.15. The molecule has 0 radical (unpaired) electrons. The summed E-state index contributed by atoms with van der Waals surface area (Å²) < 4.78 is 41.9. The standard InChI is InChI=1S/C16H12O7S/c1-2-22-16(18)9-3-6-13-12(7-9)15(17)11-5-4-10(24(19,20)21)8-14(11)23-13/h3-8H,2H2,1H3,(H,19,20,21). The largest absolute Gasteiger partial charge is 0.462 e. The molecule has 3 aromatic rings. The molecule has 1 N–H and O–H groups in total. The second kappa shape index (κ2) is 5.73.